The third-order valence-electron chi connectivity index (χ3n) is 4.67. The van der Waals surface area contributed by atoms with Crippen molar-refractivity contribution in [3.63, 3.8) is 0 Å². The molecule has 2 aliphatic rings. The molecule has 1 saturated carbocycles. The van der Waals surface area contributed by atoms with Crippen LogP contribution in [0.15, 0.2) is 6.33 Å². The van der Waals surface area contributed by atoms with Crippen LogP contribution in [0, 0.1) is 0 Å². The fourth-order valence-corrected chi connectivity index (χ4v) is 3.48. The normalized spacial score (nSPS) is 19.0. The molecule has 0 aromatic carbocycles. The second-order valence-electron chi connectivity index (χ2n) is 6.26. The molecular formula is C16H25N5O2. The number of methoxy groups -OCH3 is 1. The van der Waals surface area contributed by atoms with E-state index >= 15 is 0 Å². The highest BCUT2D eigenvalue weighted by molar-refractivity contribution is 5.83. The first-order valence-electron chi connectivity index (χ1n) is 8.28. The van der Waals surface area contributed by atoms with E-state index in [-0.39, 0.29) is 5.91 Å². The zero-order valence-electron chi connectivity index (χ0n) is 13.9. The van der Waals surface area contributed by atoms with Gasteiger partial charge in [-0.25, -0.2) is 9.97 Å². The molecule has 1 aromatic rings. The maximum absolute atomic E-state index is 12.6. The van der Waals surface area contributed by atoms with E-state index < -0.39 is 0 Å². The largest absolute Gasteiger partial charge is 0.383 e. The average Bonchev–Trinajstić information content (AvgIpc) is 3.03. The summed E-state index contributed by atoms with van der Waals surface area (Å²) < 4.78 is 5.09. The zero-order valence-corrected chi connectivity index (χ0v) is 13.9. The van der Waals surface area contributed by atoms with Gasteiger partial charge >= 0.3 is 0 Å². The van der Waals surface area contributed by atoms with E-state index in [1.54, 1.807) is 13.4 Å². The van der Waals surface area contributed by atoms with E-state index in [1.165, 1.54) is 12.8 Å². The lowest BCUT2D eigenvalue weighted by Crippen LogP contribution is -2.41. The van der Waals surface area contributed by atoms with Crippen molar-refractivity contribution >= 4 is 17.5 Å². The standard InChI is InChI=1S/C16H25N5O2/c1-20-10-14(22)21(12-5-3-4-6-12)9-13-15(17-7-8-23-2)18-11-19-16(13)20/h11-12H,3-10H2,1-2H3,(H,17,18,19). The summed E-state index contributed by atoms with van der Waals surface area (Å²) in [5.74, 6) is 1.82. The van der Waals surface area contributed by atoms with Gasteiger partial charge in [-0.3, -0.25) is 4.79 Å². The molecule has 1 aliphatic carbocycles. The van der Waals surface area contributed by atoms with Gasteiger partial charge in [0.25, 0.3) is 0 Å². The van der Waals surface area contributed by atoms with Crippen LogP contribution in [-0.4, -0.2) is 60.7 Å². The van der Waals surface area contributed by atoms with Crippen LogP contribution >= 0.6 is 0 Å². The minimum Gasteiger partial charge on any atom is -0.383 e. The number of rotatable bonds is 5. The van der Waals surface area contributed by atoms with Crippen molar-refractivity contribution in [2.45, 2.75) is 38.3 Å². The highest BCUT2D eigenvalue weighted by Gasteiger charge is 2.32. The molecule has 3 rings (SSSR count). The molecule has 1 amide bonds. The molecule has 7 nitrogen and oxygen atoms in total. The molecule has 1 aliphatic heterocycles. The Morgan fingerprint density at radius 2 is 2.09 bits per heavy atom. The average molecular weight is 319 g/mol. The summed E-state index contributed by atoms with van der Waals surface area (Å²) in [5.41, 5.74) is 1.00. The predicted molar refractivity (Wildman–Crippen MR) is 88.5 cm³/mol. The number of nitrogens with zero attached hydrogens (tertiary/aromatic N) is 4. The molecular weight excluding hydrogens is 294 g/mol. The Kier molecular flexibility index (Phi) is 4.95. The Morgan fingerprint density at radius 3 is 2.83 bits per heavy atom. The van der Waals surface area contributed by atoms with Gasteiger partial charge in [0.15, 0.2) is 0 Å². The third-order valence-corrected chi connectivity index (χ3v) is 4.67. The van der Waals surface area contributed by atoms with Crippen molar-refractivity contribution < 1.29 is 9.53 Å². The van der Waals surface area contributed by atoms with E-state index in [9.17, 15) is 4.79 Å². The maximum atomic E-state index is 12.6. The van der Waals surface area contributed by atoms with Crippen LogP contribution in [0.4, 0.5) is 11.6 Å². The van der Waals surface area contributed by atoms with E-state index in [1.807, 2.05) is 16.8 Å². The van der Waals surface area contributed by atoms with Crippen molar-refractivity contribution in [3.8, 4) is 0 Å². The number of carbonyl (C=O) groups is 1. The first-order chi connectivity index (χ1) is 11.2. The lowest BCUT2D eigenvalue weighted by Gasteiger charge is -2.28. The molecule has 1 aromatic heterocycles. The second-order valence-corrected chi connectivity index (χ2v) is 6.26. The first kappa shape index (κ1) is 16.0. The summed E-state index contributed by atoms with van der Waals surface area (Å²) in [6.45, 7) is 2.25. The Morgan fingerprint density at radius 1 is 1.30 bits per heavy atom. The van der Waals surface area contributed by atoms with Crippen LogP contribution in [-0.2, 0) is 16.1 Å². The third kappa shape index (κ3) is 3.39. The number of nitrogens with one attached hydrogen (secondary N) is 1. The molecule has 1 N–H and O–H groups in total. The molecule has 2 heterocycles. The van der Waals surface area contributed by atoms with E-state index in [4.69, 9.17) is 4.74 Å². The Hall–Kier alpha value is -1.89. The summed E-state index contributed by atoms with van der Waals surface area (Å²) in [5, 5.41) is 3.31. The van der Waals surface area contributed by atoms with E-state index in [2.05, 4.69) is 15.3 Å². The van der Waals surface area contributed by atoms with Gasteiger partial charge in [0.1, 0.15) is 18.0 Å². The Bertz CT molecular complexity index is 559. The van der Waals surface area contributed by atoms with Crippen molar-refractivity contribution in [2.75, 3.05) is 44.1 Å². The van der Waals surface area contributed by atoms with Crippen LogP contribution in [0.3, 0.4) is 0 Å². The number of amides is 1. The topological polar surface area (TPSA) is 70.6 Å². The van der Waals surface area contributed by atoms with E-state index in [0.29, 0.717) is 32.3 Å². The van der Waals surface area contributed by atoms with Gasteiger partial charge in [0, 0.05) is 26.7 Å². The number of hydrogen-bond donors (Lipinski definition) is 1. The van der Waals surface area contributed by atoms with Gasteiger partial charge in [0.2, 0.25) is 5.91 Å². The van der Waals surface area contributed by atoms with Gasteiger partial charge in [-0.2, -0.15) is 0 Å². The van der Waals surface area contributed by atoms with Gasteiger partial charge in [0.05, 0.1) is 25.3 Å². The van der Waals surface area contributed by atoms with Crippen molar-refractivity contribution in [1.82, 2.24) is 14.9 Å². The van der Waals surface area contributed by atoms with Gasteiger partial charge in [-0.1, -0.05) is 12.8 Å². The first-order valence-corrected chi connectivity index (χ1v) is 8.28. The minimum atomic E-state index is 0.181. The smallest absolute Gasteiger partial charge is 0.242 e. The molecule has 0 atom stereocenters. The summed E-state index contributed by atoms with van der Waals surface area (Å²) in [6.07, 6.45) is 6.18. The molecule has 0 spiro atoms. The Labute approximate surface area is 137 Å². The molecule has 0 bridgehead atoms. The Balaban J connectivity index is 1.88. The molecule has 0 saturated heterocycles. The molecule has 1 fully saturated rings. The highest BCUT2D eigenvalue weighted by atomic mass is 16.5. The van der Waals surface area contributed by atoms with Crippen LogP contribution in [0.25, 0.3) is 0 Å². The zero-order chi connectivity index (χ0) is 16.2. The fraction of sp³-hybridized carbons (Fsp3) is 0.688. The van der Waals surface area contributed by atoms with Crippen LogP contribution in [0.5, 0.6) is 0 Å². The molecule has 7 heteroatoms. The van der Waals surface area contributed by atoms with E-state index in [0.717, 1.165) is 30.0 Å². The summed E-state index contributed by atoms with van der Waals surface area (Å²) >= 11 is 0. The highest BCUT2D eigenvalue weighted by Crippen LogP contribution is 2.31. The molecule has 0 radical (unpaired) electrons. The summed E-state index contributed by atoms with van der Waals surface area (Å²) in [6, 6.07) is 0.355. The number of aromatic nitrogens is 2. The van der Waals surface area contributed by atoms with Gasteiger partial charge in [-0.15, -0.1) is 0 Å². The van der Waals surface area contributed by atoms with Gasteiger partial charge < -0.3 is 19.9 Å². The van der Waals surface area contributed by atoms with Crippen molar-refractivity contribution in [1.29, 1.82) is 0 Å². The molecule has 0 unspecified atom stereocenters. The summed E-state index contributed by atoms with van der Waals surface area (Å²) in [7, 11) is 3.59. The van der Waals surface area contributed by atoms with Crippen LogP contribution < -0.4 is 10.2 Å². The predicted octanol–water partition coefficient (Wildman–Crippen LogP) is 1.26. The van der Waals surface area contributed by atoms with Crippen LogP contribution in [0.1, 0.15) is 31.2 Å². The van der Waals surface area contributed by atoms with Crippen molar-refractivity contribution in [3.05, 3.63) is 11.9 Å². The quantitative estimate of drug-likeness (QED) is 0.824. The van der Waals surface area contributed by atoms with Crippen molar-refractivity contribution in [2.24, 2.45) is 0 Å². The number of anilines is 2. The maximum Gasteiger partial charge on any atom is 0.242 e. The fourth-order valence-electron chi connectivity index (χ4n) is 3.48. The number of ether oxygens (including phenoxy) is 1. The SMILES string of the molecule is COCCNc1ncnc2c1CN(C1CCCC1)C(=O)CN2C. The minimum absolute atomic E-state index is 0.181. The number of hydrogen-bond acceptors (Lipinski definition) is 6. The monoisotopic (exact) mass is 319 g/mol. The second kappa shape index (κ2) is 7.12. The number of carbonyl (C=O) groups excluding carboxylic acids is 1. The lowest BCUT2D eigenvalue weighted by molar-refractivity contribution is -0.132. The summed E-state index contributed by atoms with van der Waals surface area (Å²) in [4.78, 5) is 25.4. The number of likely N-dealkylation sites (N-methyl/N-ethyl adjacent to an activating group) is 1. The van der Waals surface area contributed by atoms with Gasteiger partial charge in [-0.05, 0) is 12.8 Å². The molecule has 126 valence electrons. The number of fused-ring (bicyclic) bond motifs is 1. The van der Waals surface area contributed by atoms with Crippen LogP contribution in [0.2, 0.25) is 0 Å². The molecule has 23 heavy (non-hydrogen) atoms. The lowest BCUT2D eigenvalue weighted by atomic mass is 10.1.